The van der Waals surface area contributed by atoms with Crippen molar-refractivity contribution >= 4 is 34.3 Å². The number of fused-ring (bicyclic) bond motifs is 1. The predicted octanol–water partition coefficient (Wildman–Crippen LogP) is 3.70. The first-order valence-corrected chi connectivity index (χ1v) is 9.44. The van der Waals surface area contributed by atoms with E-state index in [0.29, 0.717) is 34.5 Å². The van der Waals surface area contributed by atoms with Gasteiger partial charge in [-0.2, -0.15) is 0 Å². The molecule has 1 N–H and O–H groups in total. The molecule has 0 saturated carbocycles. The van der Waals surface area contributed by atoms with Crippen molar-refractivity contribution in [2.45, 2.75) is 20.3 Å². The van der Waals surface area contributed by atoms with Crippen LogP contribution in [-0.4, -0.2) is 24.8 Å². The molecule has 1 amide bonds. The molecule has 1 heterocycles. The quantitative estimate of drug-likeness (QED) is 0.471. The Hall–Kier alpha value is -3.12. The van der Waals surface area contributed by atoms with Gasteiger partial charge >= 0.3 is 5.63 Å². The lowest BCUT2D eigenvalue weighted by molar-refractivity contribution is -0.118. The van der Waals surface area contributed by atoms with Crippen LogP contribution in [0.5, 0.6) is 5.75 Å². The minimum Gasteiger partial charge on any atom is -0.484 e. The lowest BCUT2D eigenvalue weighted by Gasteiger charge is -2.10. The maximum absolute atomic E-state index is 12.4. The molecule has 0 saturated heterocycles. The Morgan fingerprint density at radius 2 is 1.86 bits per heavy atom. The summed E-state index contributed by atoms with van der Waals surface area (Å²) in [5, 5.41) is 3.77. The Labute approximate surface area is 172 Å². The molecule has 3 rings (SSSR count). The summed E-state index contributed by atoms with van der Waals surface area (Å²) >= 11 is 6.25. The molecule has 0 atom stereocenters. The maximum atomic E-state index is 12.4. The Morgan fingerprint density at radius 1 is 1.14 bits per heavy atom. The number of aryl methyl sites for hydroxylation is 1. The van der Waals surface area contributed by atoms with Gasteiger partial charge in [0.1, 0.15) is 11.3 Å². The maximum Gasteiger partial charge on any atom is 0.336 e. The van der Waals surface area contributed by atoms with Crippen molar-refractivity contribution in [3.8, 4) is 5.75 Å². The molecule has 0 spiro atoms. The third kappa shape index (κ3) is 5.23. The van der Waals surface area contributed by atoms with Gasteiger partial charge in [0.05, 0.1) is 5.02 Å². The number of amides is 1. The highest BCUT2D eigenvalue weighted by molar-refractivity contribution is 6.32. The molecule has 0 fully saturated rings. The van der Waals surface area contributed by atoms with E-state index in [1.54, 1.807) is 25.1 Å². The third-order valence-corrected chi connectivity index (χ3v) is 4.72. The number of hydrogen-bond acceptors (Lipinski definition) is 5. The lowest BCUT2D eigenvalue weighted by Crippen LogP contribution is -2.22. The van der Waals surface area contributed by atoms with Gasteiger partial charge in [-0.1, -0.05) is 35.9 Å². The van der Waals surface area contributed by atoms with E-state index in [-0.39, 0.29) is 24.0 Å². The van der Waals surface area contributed by atoms with Crippen molar-refractivity contribution in [2.75, 3.05) is 13.2 Å². The number of benzene rings is 2. The third-order valence-electron chi connectivity index (χ3n) is 4.43. The molecule has 1 aromatic heterocycles. The van der Waals surface area contributed by atoms with Crippen LogP contribution in [0.4, 0.5) is 0 Å². The van der Waals surface area contributed by atoms with Crippen molar-refractivity contribution in [1.82, 2.24) is 5.32 Å². The van der Waals surface area contributed by atoms with Gasteiger partial charge in [-0.15, -0.1) is 0 Å². The SMILES string of the molecule is CC(=O)NCCc1ccc(C(=O)COc2cc3oc(=O)cc(C)c3cc2Cl)cc1. The van der Waals surface area contributed by atoms with Crippen molar-refractivity contribution in [3.05, 3.63) is 74.6 Å². The topological polar surface area (TPSA) is 85.6 Å². The summed E-state index contributed by atoms with van der Waals surface area (Å²) in [7, 11) is 0. The van der Waals surface area contributed by atoms with E-state index in [9.17, 15) is 14.4 Å². The summed E-state index contributed by atoms with van der Waals surface area (Å²) < 4.78 is 10.8. The molecular formula is C22H20ClNO5. The molecule has 3 aromatic rings. The summed E-state index contributed by atoms with van der Waals surface area (Å²) in [4.78, 5) is 34.9. The van der Waals surface area contributed by atoms with E-state index >= 15 is 0 Å². The monoisotopic (exact) mass is 413 g/mol. The normalized spacial score (nSPS) is 10.7. The summed E-state index contributed by atoms with van der Waals surface area (Å²) in [6.45, 7) is 3.60. The van der Waals surface area contributed by atoms with E-state index in [2.05, 4.69) is 5.32 Å². The zero-order valence-corrected chi connectivity index (χ0v) is 16.8. The Kier molecular flexibility index (Phi) is 6.34. The highest BCUT2D eigenvalue weighted by atomic mass is 35.5. The summed E-state index contributed by atoms with van der Waals surface area (Å²) in [5.74, 6) is -0.0100. The number of Topliss-reactive ketones (excluding diaryl/α,β-unsaturated/α-hetero) is 1. The van der Waals surface area contributed by atoms with Crippen LogP contribution in [0.3, 0.4) is 0 Å². The number of nitrogens with one attached hydrogen (secondary N) is 1. The smallest absolute Gasteiger partial charge is 0.336 e. The fourth-order valence-corrected chi connectivity index (χ4v) is 3.12. The lowest BCUT2D eigenvalue weighted by atomic mass is 10.1. The highest BCUT2D eigenvalue weighted by Gasteiger charge is 2.12. The Bertz CT molecular complexity index is 1120. The minimum absolute atomic E-state index is 0.0734. The standard InChI is InChI=1S/C22H20ClNO5/c1-13-9-22(27)29-20-11-21(18(23)10-17(13)20)28-12-19(26)16-5-3-15(4-6-16)7-8-24-14(2)25/h3-6,9-11H,7-8,12H2,1-2H3,(H,24,25). The first-order valence-electron chi connectivity index (χ1n) is 9.07. The van der Waals surface area contributed by atoms with Gasteiger partial charge < -0.3 is 14.5 Å². The van der Waals surface area contributed by atoms with Crippen molar-refractivity contribution in [3.63, 3.8) is 0 Å². The van der Waals surface area contributed by atoms with Gasteiger partial charge in [0.15, 0.2) is 12.4 Å². The van der Waals surface area contributed by atoms with Gasteiger partial charge in [0, 0.05) is 36.6 Å². The molecule has 150 valence electrons. The number of ketones is 1. The average molecular weight is 414 g/mol. The van der Waals surface area contributed by atoms with Crippen molar-refractivity contribution in [1.29, 1.82) is 0 Å². The van der Waals surface area contributed by atoms with Crippen LogP contribution in [0.15, 0.2) is 51.7 Å². The van der Waals surface area contributed by atoms with E-state index in [4.69, 9.17) is 20.8 Å². The number of rotatable bonds is 7. The number of carbonyl (C=O) groups is 2. The molecule has 0 aliphatic carbocycles. The first-order chi connectivity index (χ1) is 13.8. The average Bonchev–Trinajstić information content (AvgIpc) is 2.67. The zero-order valence-electron chi connectivity index (χ0n) is 16.1. The van der Waals surface area contributed by atoms with Crippen molar-refractivity contribution < 1.29 is 18.7 Å². The molecular weight excluding hydrogens is 394 g/mol. The Balaban J connectivity index is 1.66. The summed E-state index contributed by atoms with van der Waals surface area (Å²) in [5.41, 5.74) is 2.16. The highest BCUT2D eigenvalue weighted by Crippen LogP contribution is 2.31. The van der Waals surface area contributed by atoms with Crippen LogP contribution in [0, 0.1) is 6.92 Å². The van der Waals surface area contributed by atoms with Crippen LogP contribution in [-0.2, 0) is 11.2 Å². The molecule has 0 aliphatic heterocycles. The summed E-state index contributed by atoms with van der Waals surface area (Å²) in [6, 6.07) is 11.7. The molecule has 0 aliphatic rings. The largest absolute Gasteiger partial charge is 0.484 e. The second-order valence-corrected chi connectivity index (χ2v) is 7.08. The second kappa shape index (κ2) is 8.92. The van der Waals surface area contributed by atoms with Gasteiger partial charge in [0.2, 0.25) is 5.91 Å². The molecule has 29 heavy (non-hydrogen) atoms. The van der Waals surface area contributed by atoms with Gasteiger partial charge in [-0.3, -0.25) is 9.59 Å². The Morgan fingerprint density at radius 3 is 2.55 bits per heavy atom. The molecule has 6 nitrogen and oxygen atoms in total. The molecule has 7 heteroatoms. The number of ether oxygens (including phenoxy) is 1. The minimum atomic E-state index is -0.460. The fourth-order valence-electron chi connectivity index (χ4n) is 2.90. The summed E-state index contributed by atoms with van der Waals surface area (Å²) in [6.07, 6.45) is 0.682. The molecule has 0 bridgehead atoms. The predicted molar refractivity (Wildman–Crippen MR) is 111 cm³/mol. The van der Waals surface area contributed by atoms with Crippen LogP contribution >= 0.6 is 11.6 Å². The number of hydrogen-bond donors (Lipinski definition) is 1. The van der Waals surface area contributed by atoms with Crippen LogP contribution in [0.2, 0.25) is 5.02 Å². The van der Waals surface area contributed by atoms with E-state index in [1.807, 2.05) is 12.1 Å². The van der Waals surface area contributed by atoms with E-state index < -0.39 is 5.63 Å². The van der Waals surface area contributed by atoms with Crippen LogP contribution in [0.25, 0.3) is 11.0 Å². The van der Waals surface area contributed by atoms with Gasteiger partial charge in [-0.05, 0) is 30.5 Å². The molecule has 0 radical (unpaired) electrons. The van der Waals surface area contributed by atoms with Crippen LogP contribution in [0.1, 0.15) is 28.4 Å². The molecule has 2 aromatic carbocycles. The number of halogens is 1. The van der Waals surface area contributed by atoms with Crippen molar-refractivity contribution in [2.24, 2.45) is 0 Å². The fraction of sp³-hybridized carbons (Fsp3) is 0.227. The number of carbonyl (C=O) groups excluding carboxylic acids is 2. The molecule has 0 unspecified atom stereocenters. The first kappa shape index (κ1) is 20.6. The van der Waals surface area contributed by atoms with Crippen LogP contribution < -0.4 is 15.7 Å². The zero-order chi connectivity index (χ0) is 21.0. The van der Waals surface area contributed by atoms with Gasteiger partial charge in [0.25, 0.3) is 0 Å². The van der Waals surface area contributed by atoms with Gasteiger partial charge in [-0.25, -0.2) is 4.79 Å². The second-order valence-electron chi connectivity index (χ2n) is 6.67. The van der Waals surface area contributed by atoms with E-state index in [1.165, 1.54) is 19.1 Å². The van der Waals surface area contributed by atoms with E-state index in [0.717, 1.165) is 11.1 Å².